The summed E-state index contributed by atoms with van der Waals surface area (Å²) in [7, 11) is -12.2. The number of rotatable bonds is 12. The van der Waals surface area contributed by atoms with E-state index in [4.69, 9.17) is 14.7 Å². The molecule has 1 unspecified atom stereocenters. The lowest BCUT2D eigenvalue weighted by Gasteiger charge is -2.42. The molecule has 0 radical (unpaired) electrons. The molecule has 7 nitrogen and oxygen atoms in total. The highest BCUT2D eigenvalue weighted by atomic mass is 31.3. The highest BCUT2D eigenvalue weighted by Crippen LogP contribution is 2.64. The van der Waals surface area contributed by atoms with Crippen LogP contribution in [0.15, 0.2) is 0 Å². The summed E-state index contributed by atoms with van der Waals surface area (Å²) in [6, 6.07) is 0. The second-order valence-electron chi connectivity index (χ2n) is 6.27. The van der Waals surface area contributed by atoms with Crippen molar-refractivity contribution in [2.45, 2.75) is 54.1 Å². The van der Waals surface area contributed by atoms with Crippen LogP contribution in [0.25, 0.3) is 0 Å². The quantitative estimate of drug-likeness (QED) is 0.191. The van der Waals surface area contributed by atoms with Gasteiger partial charge in [-0.1, -0.05) is 0 Å². The first-order chi connectivity index (χ1) is 15.2. The van der Waals surface area contributed by atoms with Gasteiger partial charge in [0.2, 0.25) is 0 Å². The molecule has 0 aromatic carbocycles. The molecule has 0 aliphatic heterocycles. The van der Waals surface area contributed by atoms with Crippen molar-refractivity contribution >= 4 is 15.6 Å². The van der Waals surface area contributed by atoms with E-state index in [-0.39, 0.29) is 0 Å². The van der Waals surface area contributed by atoms with Gasteiger partial charge in [0.25, 0.3) is 0 Å². The van der Waals surface area contributed by atoms with Crippen LogP contribution in [0.3, 0.4) is 0 Å². The molecule has 218 valence electrons. The fraction of sp³-hybridized carbons (Fsp3) is 1.00. The third-order valence-corrected chi connectivity index (χ3v) is 5.85. The van der Waals surface area contributed by atoms with Crippen LogP contribution in [0.4, 0.5) is 74.6 Å². The molecular weight excluding hydrogens is 617 g/mol. The third-order valence-electron chi connectivity index (χ3n) is 3.67. The molecule has 0 amide bonds. The number of halogens is 17. The minimum Gasteiger partial charge on any atom is -0.302 e. The van der Waals surface area contributed by atoms with Gasteiger partial charge in [0, 0.05) is 6.42 Å². The third kappa shape index (κ3) is 5.88. The van der Waals surface area contributed by atoms with Crippen LogP contribution in [0.2, 0.25) is 0 Å². The maximum Gasteiger partial charge on any atom is 0.481 e. The Morgan fingerprint density at radius 2 is 0.833 bits per heavy atom. The summed E-state index contributed by atoms with van der Waals surface area (Å²) in [6.45, 7) is -2.59. The molecular formula is C10H7F17O7P2. The topological polar surface area (TPSA) is 113 Å². The van der Waals surface area contributed by atoms with Crippen LogP contribution in [0.5, 0.6) is 0 Å². The van der Waals surface area contributed by atoms with E-state index in [1.807, 2.05) is 0 Å². The van der Waals surface area contributed by atoms with E-state index in [0.29, 0.717) is 0 Å². The molecule has 0 aromatic rings. The zero-order valence-corrected chi connectivity index (χ0v) is 17.5. The number of phosphoric ester groups is 1. The van der Waals surface area contributed by atoms with Crippen molar-refractivity contribution in [3.8, 4) is 0 Å². The van der Waals surface area contributed by atoms with Crippen LogP contribution >= 0.6 is 15.6 Å². The van der Waals surface area contributed by atoms with Gasteiger partial charge in [0.1, 0.15) is 0 Å². The van der Waals surface area contributed by atoms with E-state index in [0.717, 1.165) is 0 Å². The SMILES string of the molecule is O=P(O)(O)OP(=O)(O)OCCC(F)(F)C(F)(F)C(F)(F)C(F)(F)C(F)(F)C(F)(F)C(F)(F)C(F)(F)F. The molecule has 0 rings (SSSR count). The Kier molecular flexibility index (Phi) is 9.12. The lowest BCUT2D eigenvalue weighted by Crippen LogP contribution is -2.74. The van der Waals surface area contributed by atoms with Gasteiger partial charge in [-0.15, -0.1) is 0 Å². The number of hydrogen-bond acceptors (Lipinski definition) is 4. The van der Waals surface area contributed by atoms with Gasteiger partial charge in [0.05, 0.1) is 6.61 Å². The molecule has 0 aliphatic rings. The monoisotopic (exact) mass is 624 g/mol. The van der Waals surface area contributed by atoms with E-state index in [1.165, 1.54) is 0 Å². The molecule has 0 fully saturated rings. The largest absolute Gasteiger partial charge is 0.481 e. The molecule has 0 aromatic heterocycles. The maximum absolute atomic E-state index is 13.5. The Morgan fingerprint density at radius 3 is 1.14 bits per heavy atom. The minimum absolute atomic E-state index is 2.59. The summed E-state index contributed by atoms with van der Waals surface area (Å²) >= 11 is 0. The van der Waals surface area contributed by atoms with E-state index >= 15 is 0 Å². The van der Waals surface area contributed by atoms with Gasteiger partial charge >= 0.3 is 63.3 Å². The summed E-state index contributed by atoms with van der Waals surface area (Å²) < 4.78 is 249. The van der Waals surface area contributed by atoms with Gasteiger partial charge in [0.15, 0.2) is 0 Å². The fourth-order valence-corrected chi connectivity index (χ4v) is 3.39. The summed E-state index contributed by atoms with van der Waals surface area (Å²) in [5.41, 5.74) is 0. The number of phosphoric acid groups is 2. The van der Waals surface area contributed by atoms with E-state index in [2.05, 4.69) is 8.83 Å². The van der Waals surface area contributed by atoms with Crippen molar-refractivity contribution in [2.75, 3.05) is 6.61 Å². The van der Waals surface area contributed by atoms with Crippen LogP contribution in [-0.2, 0) is 18.0 Å². The van der Waals surface area contributed by atoms with E-state index < -0.39 is 76.3 Å². The van der Waals surface area contributed by atoms with E-state index in [9.17, 15) is 83.8 Å². The highest BCUT2D eigenvalue weighted by molar-refractivity contribution is 7.60. The molecule has 0 heterocycles. The lowest BCUT2D eigenvalue weighted by atomic mass is 9.88. The lowest BCUT2D eigenvalue weighted by molar-refractivity contribution is -0.461. The zero-order valence-electron chi connectivity index (χ0n) is 15.7. The van der Waals surface area contributed by atoms with E-state index in [1.54, 1.807) is 0 Å². The van der Waals surface area contributed by atoms with Gasteiger partial charge in [-0.25, -0.2) is 9.13 Å². The van der Waals surface area contributed by atoms with Crippen molar-refractivity contribution in [1.29, 1.82) is 0 Å². The van der Waals surface area contributed by atoms with Crippen molar-refractivity contribution in [1.82, 2.24) is 0 Å². The van der Waals surface area contributed by atoms with Crippen LogP contribution < -0.4 is 0 Å². The summed E-state index contributed by atoms with van der Waals surface area (Å²) in [6.07, 6.45) is -11.1. The molecule has 26 heteroatoms. The second-order valence-corrected chi connectivity index (χ2v) is 9.10. The summed E-state index contributed by atoms with van der Waals surface area (Å²) in [5, 5.41) is 0. The first kappa shape index (κ1) is 35.1. The Balaban J connectivity index is 6.29. The molecule has 1 atom stereocenters. The van der Waals surface area contributed by atoms with Gasteiger partial charge < -0.3 is 14.7 Å². The van der Waals surface area contributed by atoms with Gasteiger partial charge in [-0.05, 0) is 0 Å². The molecule has 0 saturated carbocycles. The Bertz CT molecular complexity index is 895. The standard InChI is InChI=1S/C10H7F17O7P2/c11-3(12,1-2-33-36(31,32)34-35(28,29)30)4(13,14)5(15,16)6(17,18)7(19,20)8(21,22)9(23,24)10(25,26)27/h1-2H2,(H,31,32)(H2,28,29,30). The first-order valence-electron chi connectivity index (χ1n) is 7.62. The molecule has 0 bridgehead atoms. The Morgan fingerprint density at radius 1 is 0.528 bits per heavy atom. The average molecular weight is 624 g/mol. The molecule has 0 saturated heterocycles. The number of hydrogen-bond donors (Lipinski definition) is 3. The summed E-state index contributed by atoms with van der Waals surface area (Å²) in [4.78, 5) is 25.0. The smallest absolute Gasteiger partial charge is 0.302 e. The predicted molar refractivity (Wildman–Crippen MR) is 74.2 cm³/mol. The normalized spacial score (nSPS) is 17.8. The number of alkyl halides is 17. The Labute approximate surface area is 185 Å². The van der Waals surface area contributed by atoms with Gasteiger partial charge in [-0.3, -0.25) is 4.52 Å². The first-order valence-corrected chi connectivity index (χ1v) is 10.6. The van der Waals surface area contributed by atoms with Crippen LogP contribution in [-0.4, -0.2) is 68.9 Å². The molecule has 3 N–H and O–H groups in total. The second kappa shape index (κ2) is 9.37. The molecule has 0 aliphatic carbocycles. The average Bonchev–Trinajstić information content (AvgIpc) is 2.56. The van der Waals surface area contributed by atoms with Crippen LogP contribution in [0.1, 0.15) is 6.42 Å². The van der Waals surface area contributed by atoms with Gasteiger partial charge in [-0.2, -0.15) is 78.9 Å². The minimum atomic E-state index is -8.81. The maximum atomic E-state index is 13.5. The summed E-state index contributed by atoms with van der Waals surface area (Å²) in [5.74, 6) is -58.1. The van der Waals surface area contributed by atoms with Crippen molar-refractivity contribution in [2.24, 2.45) is 0 Å². The Hall–Kier alpha value is -0.930. The van der Waals surface area contributed by atoms with Crippen molar-refractivity contribution in [3.63, 3.8) is 0 Å². The highest BCUT2D eigenvalue weighted by Gasteiger charge is 2.95. The van der Waals surface area contributed by atoms with Crippen molar-refractivity contribution < 1.29 is 107 Å². The zero-order chi connectivity index (χ0) is 29.8. The molecule has 36 heavy (non-hydrogen) atoms. The van der Waals surface area contributed by atoms with Crippen LogP contribution in [0, 0.1) is 0 Å². The predicted octanol–water partition coefficient (Wildman–Crippen LogP) is 5.61. The molecule has 0 spiro atoms. The fourth-order valence-electron chi connectivity index (χ4n) is 1.80. The van der Waals surface area contributed by atoms with Crippen molar-refractivity contribution in [3.05, 3.63) is 0 Å².